The predicted molar refractivity (Wildman–Crippen MR) is 164 cm³/mol. The summed E-state index contributed by atoms with van der Waals surface area (Å²) in [6, 6.07) is 15.0. The zero-order valence-corrected chi connectivity index (χ0v) is 23.8. The number of carbonyl (C=O) groups excluding carboxylic acids is 1. The summed E-state index contributed by atoms with van der Waals surface area (Å²) in [7, 11) is 2.07. The third-order valence-electron chi connectivity index (χ3n) is 6.91. The maximum Gasteiger partial charge on any atom is 0.248 e. The number of hydrogen-bond donors (Lipinski definition) is 3. The van der Waals surface area contributed by atoms with Crippen LogP contribution in [0.4, 0.5) is 22.7 Å². The normalized spacial score (nSPS) is 15.3. The molecule has 4 aromatic rings. The van der Waals surface area contributed by atoms with Gasteiger partial charge < -0.3 is 25.8 Å². The molecule has 9 nitrogen and oxygen atoms in total. The first-order valence-electron chi connectivity index (χ1n) is 13.5. The summed E-state index contributed by atoms with van der Waals surface area (Å²) in [4.78, 5) is 23.9. The monoisotopic (exact) mass is 572 g/mol. The fourth-order valence-corrected chi connectivity index (χ4v) is 5.01. The Morgan fingerprint density at radius 1 is 1.17 bits per heavy atom. The number of anilines is 4. The van der Waals surface area contributed by atoms with Crippen LogP contribution in [-0.4, -0.2) is 47.0 Å². The maximum absolute atomic E-state index is 12.9. The van der Waals surface area contributed by atoms with Crippen molar-refractivity contribution in [2.45, 2.75) is 32.4 Å². The van der Waals surface area contributed by atoms with Gasteiger partial charge in [0.25, 0.3) is 0 Å². The average molecular weight is 573 g/mol. The van der Waals surface area contributed by atoms with E-state index in [4.69, 9.17) is 26.8 Å². The molecule has 4 N–H and O–H groups in total. The van der Waals surface area contributed by atoms with E-state index in [2.05, 4.69) is 32.5 Å². The van der Waals surface area contributed by atoms with Crippen molar-refractivity contribution >= 4 is 51.2 Å². The van der Waals surface area contributed by atoms with Gasteiger partial charge in [0, 0.05) is 35.5 Å². The number of benzene rings is 2. The van der Waals surface area contributed by atoms with Crippen LogP contribution in [0.3, 0.4) is 0 Å². The van der Waals surface area contributed by atoms with E-state index in [0.717, 1.165) is 30.5 Å². The lowest BCUT2D eigenvalue weighted by Crippen LogP contribution is -2.23. The van der Waals surface area contributed by atoms with Gasteiger partial charge in [-0.1, -0.05) is 23.7 Å². The van der Waals surface area contributed by atoms with Crippen LogP contribution in [-0.2, 0) is 11.4 Å². The first-order chi connectivity index (χ1) is 19.9. The van der Waals surface area contributed by atoms with Crippen molar-refractivity contribution in [1.82, 2.24) is 14.9 Å². The SMILES string of the molecule is CCOc1cc2ncc(N)c(Nc3ccc(OCc4ccccn4)c(Cl)c3)c2cc1NC(=O)/C=C/[C@@H]1CCCN1C. The number of hydrogen-bond acceptors (Lipinski definition) is 8. The van der Waals surface area contributed by atoms with Crippen LogP contribution in [0.2, 0.25) is 5.02 Å². The van der Waals surface area contributed by atoms with Crippen LogP contribution in [0.25, 0.3) is 10.9 Å². The van der Waals surface area contributed by atoms with Crippen molar-refractivity contribution in [1.29, 1.82) is 0 Å². The molecule has 3 heterocycles. The first-order valence-corrected chi connectivity index (χ1v) is 13.9. The van der Waals surface area contributed by atoms with Gasteiger partial charge in [-0.2, -0.15) is 0 Å². The molecule has 0 radical (unpaired) electrons. The van der Waals surface area contributed by atoms with Gasteiger partial charge in [0.05, 0.1) is 46.1 Å². The van der Waals surface area contributed by atoms with E-state index in [9.17, 15) is 4.79 Å². The van der Waals surface area contributed by atoms with Gasteiger partial charge in [0.2, 0.25) is 5.91 Å². The Morgan fingerprint density at radius 3 is 2.78 bits per heavy atom. The molecule has 41 heavy (non-hydrogen) atoms. The van der Waals surface area contributed by atoms with Gasteiger partial charge in [-0.15, -0.1) is 0 Å². The number of likely N-dealkylation sites (N-methyl/N-ethyl adjacent to an activating group) is 1. The number of nitrogens with zero attached hydrogens (tertiary/aromatic N) is 3. The number of carbonyl (C=O) groups is 1. The molecule has 1 aliphatic rings. The number of halogens is 1. The van der Waals surface area contributed by atoms with Gasteiger partial charge >= 0.3 is 0 Å². The molecule has 1 amide bonds. The third kappa shape index (κ3) is 6.87. The molecule has 1 aliphatic heterocycles. The van der Waals surface area contributed by atoms with Crippen LogP contribution in [0.5, 0.6) is 11.5 Å². The summed E-state index contributed by atoms with van der Waals surface area (Å²) in [5, 5.41) is 7.49. The number of fused-ring (bicyclic) bond motifs is 1. The molecule has 0 spiro atoms. The summed E-state index contributed by atoms with van der Waals surface area (Å²) in [6.45, 7) is 3.66. The van der Waals surface area contributed by atoms with E-state index in [1.165, 1.54) is 0 Å². The number of nitrogens with one attached hydrogen (secondary N) is 2. The van der Waals surface area contributed by atoms with Crippen molar-refractivity contribution in [2.75, 3.05) is 36.6 Å². The number of rotatable bonds is 10. The van der Waals surface area contributed by atoms with E-state index < -0.39 is 0 Å². The van der Waals surface area contributed by atoms with Crippen molar-refractivity contribution in [2.24, 2.45) is 0 Å². The van der Waals surface area contributed by atoms with Crippen LogP contribution < -0.4 is 25.8 Å². The van der Waals surface area contributed by atoms with Crippen LogP contribution in [0.1, 0.15) is 25.5 Å². The van der Waals surface area contributed by atoms with Gasteiger partial charge in [0.1, 0.15) is 18.1 Å². The van der Waals surface area contributed by atoms with Gasteiger partial charge in [0.15, 0.2) is 0 Å². The molecule has 2 aromatic carbocycles. The summed E-state index contributed by atoms with van der Waals surface area (Å²) < 4.78 is 11.7. The molecule has 0 unspecified atom stereocenters. The molecule has 1 fully saturated rings. The molecule has 5 rings (SSSR count). The van der Waals surface area contributed by atoms with E-state index in [-0.39, 0.29) is 11.9 Å². The second-order valence-electron chi connectivity index (χ2n) is 9.81. The van der Waals surface area contributed by atoms with Gasteiger partial charge in [-0.25, -0.2) is 0 Å². The number of nitrogens with two attached hydrogens (primary N) is 1. The summed E-state index contributed by atoms with van der Waals surface area (Å²) in [5.74, 6) is 0.837. The highest BCUT2D eigenvalue weighted by Gasteiger charge is 2.19. The number of ether oxygens (including phenoxy) is 2. The predicted octanol–water partition coefficient (Wildman–Crippen LogP) is 6.18. The van der Waals surface area contributed by atoms with E-state index in [0.29, 0.717) is 58.0 Å². The molecule has 0 bridgehead atoms. The van der Waals surface area contributed by atoms with Crippen LogP contribution in [0.15, 0.2) is 73.1 Å². The Kier molecular flexibility index (Phi) is 8.86. The quantitative estimate of drug-likeness (QED) is 0.193. The average Bonchev–Trinajstić information content (AvgIpc) is 3.38. The number of pyridine rings is 2. The van der Waals surface area contributed by atoms with Gasteiger partial charge in [-0.05, 0) is 69.8 Å². The lowest BCUT2D eigenvalue weighted by Gasteiger charge is -2.17. The molecule has 0 saturated carbocycles. The minimum atomic E-state index is -0.231. The van der Waals surface area contributed by atoms with Crippen molar-refractivity contribution < 1.29 is 14.3 Å². The fraction of sp³-hybridized carbons (Fsp3) is 0.258. The van der Waals surface area contributed by atoms with Crippen LogP contribution >= 0.6 is 11.6 Å². The zero-order chi connectivity index (χ0) is 28.8. The van der Waals surface area contributed by atoms with E-state index >= 15 is 0 Å². The Hall–Kier alpha value is -4.34. The molecule has 1 saturated heterocycles. The second kappa shape index (κ2) is 12.9. The molecular formula is C31H33ClN6O3. The summed E-state index contributed by atoms with van der Waals surface area (Å²) in [6.07, 6.45) is 9.01. The minimum Gasteiger partial charge on any atom is -0.492 e. The van der Waals surface area contributed by atoms with Crippen molar-refractivity contribution in [3.05, 3.63) is 83.8 Å². The Morgan fingerprint density at radius 2 is 2.05 bits per heavy atom. The summed E-state index contributed by atoms with van der Waals surface area (Å²) in [5.41, 5.74) is 10.1. The van der Waals surface area contributed by atoms with E-state index in [1.807, 2.05) is 43.3 Å². The molecule has 0 aliphatic carbocycles. The Bertz CT molecular complexity index is 1560. The second-order valence-corrected chi connectivity index (χ2v) is 10.2. The van der Waals surface area contributed by atoms with Crippen molar-refractivity contribution in [3.8, 4) is 11.5 Å². The topological polar surface area (TPSA) is 115 Å². The largest absolute Gasteiger partial charge is 0.492 e. The molecule has 10 heteroatoms. The maximum atomic E-state index is 12.9. The number of amides is 1. The molecule has 1 atom stereocenters. The molecular weight excluding hydrogens is 540 g/mol. The first kappa shape index (κ1) is 28.2. The smallest absolute Gasteiger partial charge is 0.248 e. The third-order valence-corrected chi connectivity index (χ3v) is 7.20. The number of nitrogen functional groups attached to an aromatic ring is 1. The number of likely N-dealkylation sites (tertiary alicyclic amines) is 1. The van der Waals surface area contributed by atoms with Crippen molar-refractivity contribution in [3.63, 3.8) is 0 Å². The highest BCUT2D eigenvalue weighted by molar-refractivity contribution is 6.32. The number of aromatic nitrogens is 2. The van der Waals surface area contributed by atoms with Crippen LogP contribution in [0, 0.1) is 0 Å². The Balaban J connectivity index is 1.39. The Labute approximate surface area is 244 Å². The van der Waals surface area contributed by atoms with E-state index in [1.54, 1.807) is 36.7 Å². The fourth-order valence-electron chi connectivity index (χ4n) is 4.77. The summed E-state index contributed by atoms with van der Waals surface area (Å²) >= 11 is 6.54. The van der Waals surface area contributed by atoms with Gasteiger partial charge in [-0.3, -0.25) is 19.7 Å². The lowest BCUT2D eigenvalue weighted by molar-refractivity contribution is -0.112. The minimum absolute atomic E-state index is 0.231. The standard InChI is InChI=1S/C31H33ClN6O3/c1-3-40-29-17-26-23(16-27(29)37-30(39)12-10-22-8-6-14-38(22)2)31(25(33)18-35-26)36-20-9-11-28(24(32)15-20)41-19-21-7-4-5-13-34-21/h4-5,7,9-13,15-18,22H,3,6,8,14,19,33H2,1-2H3,(H,35,36)(H,37,39)/b12-10+/t22-/m0/s1. The highest BCUT2D eigenvalue weighted by atomic mass is 35.5. The highest BCUT2D eigenvalue weighted by Crippen LogP contribution is 2.38. The molecule has 212 valence electrons. The lowest BCUT2D eigenvalue weighted by atomic mass is 10.1. The molecule has 2 aromatic heterocycles. The zero-order valence-electron chi connectivity index (χ0n) is 23.1.